The Morgan fingerprint density at radius 3 is 2.37 bits per heavy atom. The van der Waals surface area contributed by atoms with E-state index in [1.54, 1.807) is 30.3 Å². The minimum atomic E-state index is -3.25. The third-order valence-corrected chi connectivity index (χ3v) is 8.70. The summed E-state index contributed by atoms with van der Waals surface area (Å²) < 4.78 is 35.8. The Kier molecular flexibility index (Phi) is 7.69. The van der Waals surface area contributed by atoms with Crippen LogP contribution >= 0.6 is 11.6 Å². The van der Waals surface area contributed by atoms with Gasteiger partial charge >= 0.3 is 0 Å². The van der Waals surface area contributed by atoms with Gasteiger partial charge in [-0.1, -0.05) is 54.9 Å². The first-order valence-corrected chi connectivity index (χ1v) is 14.4. The molecule has 4 aromatic rings. The smallest absolute Gasteiger partial charge is 0.296 e. The molecule has 0 spiro atoms. The molecule has 1 saturated heterocycles. The average molecular weight is 558 g/mol. The zero-order valence-electron chi connectivity index (χ0n) is 20.7. The Hall–Kier alpha value is -3.02. The Morgan fingerprint density at radius 1 is 1.08 bits per heavy atom. The van der Waals surface area contributed by atoms with Crippen LogP contribution in [-0.2, 0) is 14.6 Å². The second kappa shape index (κ2) is 11.0. The van der Waals surface area contributed by atoms with E-state index in [0.717, 1.165) is 16.7 Å². The number of aromatic nitrogens is 3. The molecular formula is C27H28ClN3O6S. The van der Waals surface area contributed by atoms with Crippen molar-refractivity contribution in [3.05, 3.63) is 59.6 Å². The number of ether oxygens (including phenoxy) is 2. The highest BCUT2D eigenvalue weighted by Gasteiger charge is 2.31. The summed E-state index contributed by atoms with van der Waals surface area (Å²) in [4.78, 5) is 12.4. The highest BCUT2D eigenvalue weighted by atomic mass is 35.5. The Balaban J connectivity index is 1.33. The number of benzene rings is 2. The van der Waals surface area contributed by atoms with E-state index >= 15 is 0 Å². The highest BCUT2D eigenvalue weighted by molar-refractivity contribution is 7.91. The number of halogens is 1. The summed E-state index contributed by atoms with van der Waals surface area (Å²) in [6.45, 7) is 1.82. The molecule has 0 radical (unpaired) electrons. The number of pyridine rings is 1. The first kappa shape index (κ1) is 26.6. The quantitative estimate of drug-likeness (QED) is 0.296. The summed E-state index contributed by atoms with van der Waals surface area (Å²) in [7, 11) is -3.25. The van der Waals surface area contributed by atoms with Crippen molar-refractivity contribution in [3.63, 3.8) is 0 Å². The van der Waals surface area contributed by atoms with Crippen molar-refractivity contribution in [2.75, 3.05) is 19.0 Å². The molecule has 0 aliphatic carbocycles. The second-order valence-electron chi connectivity index (χ2n) is 9.25. The van der Waals surface area contributed by atoms with Crippen LogP contribution in [0.15, 0.2) is 59.5 Å². The molecule has 200 valence electrons. The van der Waals surface area contributed by atoms with Gasteiger partial charge in [0, 0.05) is 12.0 Å². The van der Waals surface area contributed by atoms with Crippen molar-refractivity contribution >= 4 is 32.6 Å². The maximum atomic E-state index is 12.3. The SMILES string of the molecule is CCCS(=O)(=O)c1ccc(-c2ccc(-c3nc4nc(O[C@H]5COC(CO)[C@@H](O)C5)[nH]c4cc3Cl)cc2)cc1. The first-order valence-electron chi connectivity index (χ1n) is 12.3. The molecule has 1 aliphatic rings. The number of nitrogens with one attached hydrogen (secondary N) is 1. The molecule has 2 aromatic heterocycles. The molecule has 3 heterocycles. The summed E-state index contributed by atoms with van der Waals surface area (Å²) in [5.74, 6) is 0.131. The van der Waals surface area contributed by atoms with Crippen LogP contribution in [0.5, 0.6) is 6.01 Å². The molecule has 5 rings (SSSR count). The number of imidazole rings is 1. The van der Waals surface area contributed by atoms with Gasteiger partial charge in [0.2, 0.25) is 0 Å². The van der Waals surface area contributed by atoms with Crippen molar-refractivity contribution in [2.45, 2.75) is 43.0 Å². The molecule has 1 unspecified atom stereocenters. The van der Waals surface area contributed by atoms with Gasteiger partial charge in [-0.3, -0.25) is 0 Å². The van der Waals surface area contributed by atoms with E-state index < -0.39 is 28.1 Å². The van der Waals surface area contributed by atoms with E-state index in [0.29, 0.717) is 39.6 Å². The highest BCUT2D eigenvalue weighted by Crippen LogP contribution is 2.32. The van der Waals surface area contributed by atoms with Gasteiger partial charge in [-0.05, 0) is 35.7 Å². The standard InChI is InChI=1S/C27H28ClN3O6S/c1-2-11-38(34,35)20-9-7-17(8-10-20)16-3-5-18(6-4-16)25-21(28)13-22-26(30-25)31-27(29-22)37-19-12-23(33)24(14-32)36-15-19/h3-10,13,19,23-24,32-33H,2,11-12,14-15H2,1H3,(H,29,30,31)/t19-,23+,24?/m1/s1. The monoisotopic (exact) mass is 557 g/mol. The summed E-state index contributed by atoms with van der Waals surface area (Å²) in [6.07, 6.45) is -0.965. The molecule has 11 heteroatoms. The molecule has 1 fully saturated rings. The number of fused-ring (bicyclic) bond motifs is 1. The van der Waals surface area contributed by atoms with Crippen molar-refractivity contribution in [1.82, 2.24) is 15.0 Å². The number of aliphatic hydroxyl groups is 2. The number of aliphatic hydroxyl groups excluding tert-OH is 2. The number of nitrogens with zero attached hydrogens (tertiary/aromatic N) is 2. The summed E-state index contributed by atoms with van der Waals surface area (Å²) in [5, 5.41) is 19.7. The lowest BCUT2D eigenvalue weighted by molar-refractivity contribution is -0.131. The molecule has 0 bridgehead atoms. The van der Waals surface area contributed by atoms with Crippen LogP contribution in [0.1, 0.15) is 19.8 Å². The summed E-state index contributed by atoms with van der Waals surface area (Å²) >= 11 is 6.55. The van der Waals surface area contributed by atoms with E-state index in [-0.39, 0.29) is 25.0 Å². The largest absolute Gasteiger partial charge is 0.459 e. The summed E-state index contributed by atoms with van der Waals surface area (Å²) in [5.41, 5.74) is 4.23. The van der Waals surface area contributed by atoms with Gasteiger partial charge in [-0.25, -0.2) is 13.4 Å². The lowest BCUT2D eigenvalue weighted by atomic mass is 10.0. The van der Waals surface area contributed by atoms with Gasteiger partial charge in [-0.2, -0.15) is 4.98 Å². The fourth-order valence-corrected chi connectivity index (χ4v) is 6.05. The molecule has 9 nitrogen and oxygen atoms in total. The number of sulfone groups is 1. The van der Waals surface area contributed by atoms with Crippen molar-refractivity contribution < 1.29 is 28.1 Å². The van der Waals surface area contributed by atoms with Crippen molar-refractivity contribution in [3.8, 4) is 28.4 Å². The lowest BCUT2D eigenvalue weighted by Crippen LogP contribution is -2.45. The molecule has 2 aromatic carbocycles. The second-order valence-corrected chi connectivity index (χ2v) is 11.8. The average Bonchev–Trinajstić information content (AvgIpc) is 3.29. The van der Waals surface area contributed by atoms with E-state index in [4.69, 9.17) is 21.1 Å². The fraction of sp³-hybridized carbons (Fsp3) is 0.333. The number of hydrogen-bond acceptors (Lipinski definition) is 8. The lowest BCUT2D eigenvalue weighted by Gasteiger charge is -2.31. The zero-order valence-corrected chi connectivity index (χ0v) is 22.2. The molecule has 3 atom stereocenters. The molecule has 0 saturated carbocycles. The normalized spacial score (nSPS) is 20.1. The Bertz CT molecular complexity index is 1520. The van der Waals surface area contributed by atoms with Crippen LogP contribution in [-0.4, -0.2) is 70.9 Å². The van der Waals surface area contributed by atoms with Gasteiger partial charge in [0.1, 0.15) is 12.2 Å². The first-order chi connectivity index (χ1) is 18.3. The van der Waals surface area contributed by atoms with Gasteiger partial charge in [-0.15, -0.1) is 0 Å². The third kappa shape index (κ3) is 5.55. The van der Waals surface area contributed by atoms with E-state index in [9.17, 15) is 18.6 Å². The molecule has 0 amide bonds. The van der Waals surface area contributed by atoms with Crippen LogP contribution in [0.3, 0.4) is 0 Å². The predicted molar refractivity (Wildman–Crippen MR) is 144 cm³/mol. The maximum Gasteiger partial charge on any atom is 0.296 e. The zero-order chi connectivity index (χ0) is 26.9. The Morgan fingerprint density at radius 2 is 1.74 bits per heavy atom. The topological polar surface area (TPSA) is 135 Å². The molecule has 1 aliphatic heterocycles. The van der Waals surface area contributed by atoms with Gasteiger partial charge < -0.3 is 24.7 Å². The van der Waals surface area contributed by atoms with E-state index in [1.165, 1.54) is 0 Å². The van der Waals surface area contributed by atoms with Crippen LogP contribution < -0.4 is 4.74 Å². The third-order valence-electron chi connectivity index (χ3n) is 6.47. The van der Waals surface area contributed by atoms with E-state index in [2.05, 4.69) is 15.0 Å². The van der Waals surface area contributed by atoms with Crippen molar-refractivity contribution in [2.24, 2.45) is 0 Å². The predicted octanol–water partition coefficient (Wildman–Crippen LogP) is 4.02. The van der Waals surface area contributed by atoms with Gasteiger partial charge in [0.05, 0.1) is 46.2 Å². The summed E-state index contributed by atoms with van der Waals surface area (Å²) in [6, 6.07) is 16.5. The minimum absolute atomic E-state index is 0.131. The molecular weight excluding hydrogens is 530 g/mol. The van der Waals surface area contributed by atoms with Crippen LogP contribution in [0, 0.1) is 0 Å². The van der Waals surface area contributed by atoms with Gasteiger partial charge in [0.15, 0.2) is 15.5 Å². The Labute approximate surface area is 225 Å². The number of aromatic amines is 1. The number of hydrogen-bond donors (Lipinski definition) is 3. The van der Waals surface area contributed by atoms with E-state index in [1.807, 2.05) is 31.2 Å². The van der Waals surface area contributed by atoms with Crippen LogP contribution in [0.2, 0.25) is 5.02 Å². The maximum absolute atomic E-state index is 12.3. The number of rotatable bonds is 8. The minimum Gasteiger partial charge on any atom is -0.459 e. The number of H-pyrrole nitrogens is 1. The molecule has 38 heavy (non-hydrogen) atoms. The molecule has 3 N–H and O–H groups in total. The van der Waals surface area contributed by atoms with Gasteiger partial charge in [0.25, 0.3) is 6.01 Å². The fourth-order valence-electron chi connectivity index (χ4n) is 4.46. The van der Waals surface area contributed by atoms with Crippen molar-refractivity contribution in [1.29, 1.82) is 0 Å². The van der Waals surface area contributed by atoms with Crippen LogP contribution in [0.4, 0.5) is 0 Å². The van der Waals surface area contributed by atoms with Crippen LogP contribution in [0.25, 0.3) is 33.5 Å².